The molecule has 1 rings (SSSR count). The molecule has 4 nitrogen and oxygen atoms in total. The summed E-state index contributed by atoms with van der Waals surface area (Å²) in [6.45, 7) is 2.87. The quantitative estimate of drug-likeness (QED) is 0.724. The highest BCUT2D eigenvalue weighted by molar-refractivity contribution is 6.29. The van der Waals surface area contributed by atoms with Crippen molar-refractivity contribution in [3.05, 3.63) is 17.0 Å². The van der Waals surface area contributed by atoms with E-state index in [1.54, 1.807) is 0 Å². The Bertz CT molecular complexity index is 247. The van der Waals surface area contributed by atoms with Crippen LogP contribution in [0.4, 0.5) is 5.82 Å². The second-order valence-corrected chi connectivity index (χ2v) is 2.56. The van der Waals surface area contributed by atoms with Crippen LogP contribution >= 0.6 is 11.6 Å². The first kappa shape index (κ1) is 9.22. The number of hydrogen-bond acceptors (Lipinski definition) is 4. The van der Waals surface area contributed by atoms with Crippen LogP contribution < -0.4 is 5.73 Å². The predicted molar refractivity (Wildman–Crippen MR) is 46.8 cm³/mol. The van der Waals surface area contributed by atoms with E-state index < -0.39 is 0 Å². The second-order valence-electron chi connectivity index (χ2n) is 2.17. The van der Waals surface area contributed by atoms with Gasteiger partial charge in [0.05, 0.1) is 0 Å². The summed E-state index contributed by atoms with van der Waals surface area (Å²) in [6.07, 6.45) is 0. The largest absolute Gasteiger partial charge is 0.384 e. The third-order valence-corrected chi connectivity index (χ3v) is 1.39. The van der Waals surface area contributed by atoms with Gasteiger partial charge in [-0.15, -0.1) is 0 Å². The molecule has 1 aromatic heterocycles. The lowest BCUT2D eigenvalue weighted by Gasteiger charge is -2.01. The number of rotatable bonds is 3. The van der Waals surface area contributed by atoms with Gasteiger partial charge in [-0.25, -0.2) is 9.97 Å². The van der Waals surface area contributed by atoms with E-state index in [1.807, 2.05) is 6.92 Å². The molecular formula is C7H10ClN3O. The second kappa shape index (κ2) is 4.23. The molecule has 1 aromatic rings. The van der Waals surface area contributed by atoms with Gasteiger partial charge in [0.25, 0.3) is 0 Å². The lowest BCUT2D eigenvalue weighted by Crippen LogP contribution is -2.02. The Balaban J connectivity index is 2.72. The molecule has 0 fully saturated rings. The fourth-order valence-electron chi connectivity index (χ4n) is 0.742. The first-order valence-corrected chi connectivity index (χ1v) is 3.97. The number of hydrogen-bond donors (Lipinski definition) is 1. The van der Waals surface area contributed by atoms with Crippen molar-refractivity contribution < 1.29 is 4.74 Å². The minimum Gasteiger partial charge on any atom is -0.384 e. The number of nitrogens with zero attached hydrogens (tertiary/aromatic N) is 2. The Morgan fingerprint density at radius 2 is 2.33 bits per heavy atom. The van der Waals surface area contributed by atoms with Crippen LogP contribution in [0.25, 0.3) is 0 Å². The number of anilines is 1. The standard InChI is InChI=1S/C7H10ClN3O/c1-2-12-4-7-10-5(8)3-6(9)11-7/h3H,2,4H2,1H3,(H2,9,10,11). The fraction of sp³-hybridized carbons (Fsp3) is 0.429. The van der Waals surface area contributed by atoms with Crippen LogP contribution in [0.5, 0.6) is 0 Å². The van der Waals surface area contributed by atoms with Crippen LogP contribution in [0.1, 0.15) is 12.7 Å². The molecule has 0 saturated carbocycles. The summed E-state index contributed by atoms with van der Waals surface area (Å²) in [5.74, 6) is 0.881. The van der Waals surface area contributed by atoms with Crippen LogP contribution in [0, 0.1) is 0 Å². The number of ether oxygens (including phenoxy) is 1. The van der Waals surface area contributed by atoms with Crippen LogP contribution in [0.3, 0.4) is 0 Å². The maximum atomic E-state index is 5.64. The van der Waals surface area contributed by atoms with Gasteiger partial charge in [-0.05, 0) is 6.92 Å². The highest BCUT2D eigenvalue weighted by Gasteiger charge is 1.99. The van der Waals surface area contributed by atoms with Crippen LogP contribution in [0.2, 0.25) is 5.15 Å². The van der Waals surface area contributed by atoms with Crippen molar-refractivity contribution in [2.45, 2.75) is 13.5 Å². The smallest absolute Gasteiger partial charge is 0.158 e. The first-order chi connectivity index (χ1) is 5.72. The van der Waals surface area contributed by atoms with Gasteiger partial charge in [0.1, 0.15) is 17.6 Å². The van der Waals surface area contributed by atoms with E-state index in [-0.39, 0.29) is 0 Å². The first-order valence-electron chi connectivity index (χ1n) is 3.59. The Morgan fingerprint density at radius 3 is 2.92 bits per heavy atom. The summed E-state index contributed by atoms with van der Waals surface area (Å²) >= 11 is 5.64. The molecule has 0 aliphatic rings. The average molecular weight is 188 g/mol. The number of halogens is 1. The Hall–Kier alpha value is -0.870. The Kier molecular flexibility index (Phi) is 3.25. The molecule has 0 saturated heterocycles. The topological polar surface area (TPSA) is 61.0 Å². The molecule has 0 aliphatic carbocycles. The summed E-state index contributed by atoms with van der Waals surface area (Å²) in [6, 6.07) is 1.50. The summed E-state index contributed by atoms with van der Waals surface area (Å²) in [7, 11) is 0. The maximum Gasteiger partial charge on any atom is 0.158 e. The van der Waals surface area contributed by atoms with E-state index >= 15 is 0 Å². The van der Waals surface area contributed by atoms with E-state index in [1.165, 1.54) is 6.07 Å². The van der Waals surface area contributed by atoms with Crippen molar-refractivity contribution in [3.63, 3.8) is 0 Å². The van der Waals surface area contributed by atoms with Crippen molar-refractivity contribution in [1.82, 2.24) is 9.97 Å². The lowest BCUT2D eigenvalue weighted by molar-refractivity contribution is 0.128. The van der Waals surface area contributed by atoms with Crippen molar-refractivity contribution in [2.75, 3.05) is 12.3 Å². The normalized spacial score (nSPS) is 10.2. The van der Waals surface area contributed by atoms with Crippen molar-refractivity contribution >= 4 is 17.4 Å². The summed E-state index contributed by atoms with van der Waals surface area (Å²) in [5, 5.41) is 0.345. The fourth-order valence-corrected chi connectivity index (χ4v) is 0.951. The monoisotopic (exact) mass is 187 g/mol. The third-order valence-electron chi connectivity index (χ3n) is 1.20. The van der Waals surface area contributed by atoms with E-state index in [0.29, 0.717) is 30.0 Å². The molecule has 66 valence electrons. The minimum atomic E-state index is 0.345. The van der Waals surface area contributed by atoms with Gasteiger partial charge in [-0.1, -0.05) is 11.6 Å². The molecule has 0 radical (unpaired) electrons. The van der Waals surface area contributed by atoms with Crippen LogP contribution in [-0.4, -0.2) is 16.6 Å². The third kappa shape index (κ3) is 2.64. The van der Waals surface area contributed by atoms with Gasteiger partial charge >= 0.3 is 0 Å². The molecule has 0 unspecified atom stereocenters. The molecule has 0 aliphatic heterocycles. The Morgan fingerprint density at radius 1 is 1.58 bits per heavy atom. The molecule has 0 amide bonds. The van der Waals surface area contributed by atoms with Gasteiger partial charge in [0, 0.05) is 12.7 Å². The number of aromatic nitrogens is 2. The zero-order chi connectivity index (χ0) is 8.97. The van der Waals surface area contributed by atoms with Crippen molar-refractivity contribution in [1.29, 1.82) is 0 Å². The SMILES string of the molecule is CCOCc1nc(N)cc(Cl)n1. The predicted octanol–water partition coefficient (Wildman–Crippen LogP) is 1.25. The van der Waals surface area contributed by atoms with Gasteiger partial charge in [-0.3, -0.25) is 0 Å². The van der Waals surface area contributed by atoms with E-state index in [9.17, 15) is 0 Å². The molecule has 5 heteroatoms. The highest BCUT2D eigenvalue weighted by Crippen LogP contribution is 2.08. The van der Waals surface area contributed by atoms with E-state index in [4.69, 9.17) is 22.1 Å². The zero-order valence-corrected chi connectivity index (χ0v) is 7.51. The van der Waals surface area contributed by atoms with Crippen LogP contribution in [0.15, 0.2) is 6.07 Å². The zero-order valence-electron chi connectivity index (χ0n) is 6.75. The molecule has 0 spiro atoms. The maximum absolute atomic E-state index is 5.64. The molecule has 1 heterocycles. The van der Waals surface area contributed by atoms with Crippen LogP contribution in [-0.2, 0) is 11.3 Å². The molecule has 0 aromatic carbocycles. The van der Waals surface area contributed by atoms with E-state index in [2.05, 4.69) is 9.97 Å². The molecule has 0 atom stereocenters. The molecular weight excluding hydrogens is 178 g/mol. The Labute approximate surface area is 75.7 Å². The minimum absolute atomic E-state index is 0.345. The van der Waals surface area contributed by atoms with Gasteiger partial charge in [-0.2, -0.15) is 0 Å². The summed E-state index contributed by atoms with van der Waals surface area (Å²) in [5.41, 5.74) is 5.44. The van der Waals surface area contributed by atoms with Crippen molar-refractivity contribution in [3.8, 4) is 0 Å². The number of nitrogens with two attached hydrogens (primary N) is 1. The average Bonchev–Trinajstić information content (AvgIpc) is 1.99. The lowest BCUT2D eigenvalue weighted by atomic mass is 10.5. The summed E-state index contributed by atoms with van der Waals surface area (Å²) < 4.78 is 5.09. The number of nitrogen functional groups attached to an aromatic ring is 1. The van der Waals surface area contributed by atoms with Gasteiger partial charge in [0.15, 0.2) is 5.82 Å². The van der Waals surface area contributed by atoms with E-state index in [0.717, 1.165) is 0 Å². The molecule has 0 bridgehead atoms. The van der Waals surface area contributed by atoms with Gasteiger partial charge < -0.3 is 10.5 Å². The summed E-state index contributed by atoms with van der Waals surface area (Å²) in [4.78, 5) is 7.85. The molecule has 12 heavy (non-hydrogen) atoms. The van der Waals surface area contributed by atoms with Crippen molar-refractivity contribution in [2.24, 2.45) is 0 Å². The highest BCUT2D eigenvalue weighted by atomic mass is 35.5. The molecule has 2 N–H and O–H groups in total. The van der Waals surface area contributed by atoms with Gasteiger partial charge in [0.2, 0.25) is 0 Å².